The van der Waals surface area contributed by atoms with Crippen LogP contribution >= 0.6 is 31.9 Å². The maximum Gasteiger partial charge on any atom is 0.0462 e. The quantitative estimate of drug-likeness (QED) is 0.151. The van der Waals surface area contributed by atoms with Crippen LogP contribution in [0.25, 0.3) is 24.3 Å². The molecule has 0 aromatic heterocycles. The highest BCUT2D eigenvalue weighted by atomic mass is 79.9. The van der Waals surface area contributed by atoms with Crippen LogP contribution in [0.3, 0.4) is 0 Å². The van der Waals surface area contributed by atoms with Gasteiger partial charge in [-0.1, -0.05) is 135 Å². The lowest BCUT2D eigenvalue weighted by molar-refractivity contribution is 1.28. The highest BCUT2D eigenvalue weighted by Gasteiger charge is 2.11. The molecule has 6 aromatic rings. The summed E-state index contributed by atoms with van der Waals surface area (Å²) >= 11 is 7.56. The van der Waals surface area contributed by atoms with Crippen molar-refractivity contribution in [1.82, 2.24) is 0 Å². The normalized spacial score (nSPS) is 11.2. The fourth-order valence-corrected chi connectivity index (χ4v) is 5.89. The third-order valence-corrected chi connectivity index (χ3v) is 8.55. The Kier molecular flexibility index (Phi) is 9.51. The number of anilines is 5. The zero-order valence-electron chi connectivity index (χ0n) is 23.9. The number of benzene rings is 6. The first-order valence-electron chi connectivity index (χ1n) is 14.4. The highest BCUT2D eigenvalue weighted by molar-refractivity contribution is 9.11. The van der Waals surface area contributed by atoms with Crippen molar-refractivity contribution in [3.63, 3.8) is 0 Å². The lowest BCUT2D eigenvalue weighted by Crippen LogP contribution is -2.09. The third kappa shape index (κ3) is 7.46. The summed E-state index contributed by atoms with van der Waals surface area (Å²) in [6.45, 7) is 0. The van der Waals surface area contributed by atoms with E-state index < -0.39 is 0 Å². The van der Waals surface area contributed by atoms with Crippen molar-refractivity contribution in [2.75, 3.05) is 10.2 Å². The number of hydrogen-bond acceptors (Lipinski definition) is 2. The molecule has 0 saturated heterocycles. The molecule has 0 heterocycles. The van der Waals surface area contributed by atoms with Gasteiger partial charge in [0.2, 0.25) is 0 Å². The largest absolute Gasteiger partial charge is 0.356 e. The van der Waals surface area contributed by atoms with Gasteiger partial charge in [0.15, 0.2) is 0 Å². The van der Waals surface area contributed by atoms with Crippen molar-refractivity contribution in [2.24, 2.45) is 0 Å². The minimum Gasteiger partial charge on any atom is -0.356 e. The molecule has 44 heavy (non-hydrogen) atoms. The van der Waals surface area contributed by atoms with Crippen molar-refractivity contribution < 1.29 is 0 Å². The molecule has 0 aliphatic carbocycles. The lowest BCUT2D eigenvalue weighted by atomic mass is 10.1. The van der Waals surface area contributed by atoms with E-state index >= 15 is 0 Å². The molecule has 1 N–H and O–H groups in total. The molecule has 4 heteroatoms. The predicted octanol–water partition coefficient (Wildman–Crippen LogP) is 12.8. The molecule has 2 nitrogen and oxygen atoms in total. The second kappa shape index (κ2) is 14.2. The zero-order valence-corrected chi connectivity index (χ0v) is 27.1. The van der Waals surface area contributed by atoms with Gasteiger partial charge in [0.1, 0.15) is 0 Å². The minimum absolute atomic E-state index is 1.04. The van der Waals surface area contributed by atoms with Gasteiger partial charge in [0, 0.05) is 37.4 Å². The Bertz CT molecular complexity index is 1830. The summed E-state index contributed by atoms with van der Waals surface area (Å²) < 4.78 is 2.07. The van der Waals surface area contributed by atoms with E-state index in [2.05, 4.69) is 188 Å². The van der Waals surface area contributed by atoms with E-state index in [1.54, 1.807) is 0 Å². The van der Waals surface area contributed by atoms with Crippen molar-refractivity contribution >= 4 is 84.6 Å². The molecule has 0 bridgehead atoms. The van der Waals surface area contributed by atoms with E-state index in [9.17, 15) is 0 Å². The predicted molar refractivity (Wildman–Crippen MR) is 197 cm³/mol. The number of rotatable bonds is 9. The Hall–Kier alpha value is -4.64. The maximum absolute atomic E-state index is 3.78. The summed E-state index contributed by atoms with van der Waals surface area (Å²) in [5.74, 6) is 0. The smallest absolute Gasteiger partial charge is 0.0462 e. The van der Waals surface area contributed by atoms with Gasteiger partial charge in [-0.25, -0.2) is 0 Å². The van der Waals surface area contributed by atoms with E-state index in [1.807, 2.05) is 30.3 Å². The van der Waals surface area contributed by atoms with Crippen molar-refractivity contribution in [1.29, 1.82) is 0 Å². The average Bonchev–Trinajstić information content (AvgIpc) is 3.07. The molecule has 0 unspecified atom stereocenters. The van der Waals surface area contributed by atoms with E-state index in [0.717, 1.165) is 59.6 Å². The first-order chi connectivity index (χ1) is 21.6. The molecule has 6 aromatic carbocycles. The molecule has 0 amide bonds. The van der Waals surface area contributed by atoms with Crippen LogP contribution in [-0.2, 0) is 0 Å². The number of nitrogens with one attached hydrogen (secondary N) is 1. The average molecular weight is 699 g/mol. The molecule has 0 spiro atoms. The van der Waals surface area contributed by atoms with Crippen LogP contribution < -0.4 is 10.2 Å². The van der Waals surface area contributed by atoms with Gasteiger partial charge in [0.05, 0.1) is 0 Å². The Morgan fingerprint density at radius 2 is 0.795 bits per heavy atom. The molecule has 6 rings (SSSR count). The van der Waals surface area contributed by atoms with Gasteiger partial charge in [-0.15, -0.1) is 0 Å². The van der Waals surface area contributed by atoms with E-state index in [-0.39, 0.29) is 0 Å². The second-order valence-electron chi connectivity index (χ2n) is 10.3. The van der Waals surface area contributed by atoms with Gasteiger partial charge >= 0.3 is 0 Å². The molecule has 0 saturated carbocycles. The van der Waals surface area contributed by atoms with Crippen molar-refractivity contribution in [2.45, 2.75) is 0 Å². The van der Waals surface area contributed by atoms with Crippen molar-refractivity contribution in [3.8, 4) is 0 Å². The standard InChI is InChI=1S/C40H30Br2N2/c41-39-29-33(40(42)28-32(39)22-16-30-18-24-35(25-19-30)43-34-10-4-1-5-11-34)23-17-31-20-26-38(27-21-31)44(36-12-6-2-7-13-36)37-14-8-3-9-15-37/h1-29,43H. The molecule has 0 fully saturated rings. The molecular formula is C40H30Br2N2. The summed E-state index contributed by atoms with van der Waals surface area (Å²) in [4.78, 5) is 2.27. The molecule has 0 aliphatic heterocycles. The first kappa shape index (κ1) is 29.4. The monoisotopic (exact) mass is 696 g/mol. The number of nitrogens with zero attached hydrogens (tertiary/aromatic N) is 1. The fourth-order valence-electron chi connectivity index (χ4n) is 4.91. The summed E-state index contributed by atoms with van der Waals surface area (Å²) in [6.07, 6.45) is 8.55. The SMILES string of the molecule is Brc1cc(C=Cc2ccc(N(c3ccccc3)c3ccccc3)cc2)c(Br)cc1C=Cc1ccc(Nc2ccccc2)cc1. The summed E-state index contributed by atoms with van der Waals surface area (Å²) in [5, 5.41) is 3.43. The minimum atomic E-state index is 1.04. The van der Waals surface area contributed by atoms with E-state index in [0.29, 0.717) is 0 Å². The van der Waals surface area contributed by atoms with Crippen LogP contribution in [0.4, 0.5) is 28.4 Å². The Morgan fingerprint density at radius 3 is 1.27 bits per heavy atom. The van der Waals surface area contributed by atoms with Crippen LogP contribution in [0.5, 0.6) is 0 Å². The molecule has 0 radical (unpaired) electrons. The first-order valence-corrected chi connectivity index (χ1v) is 16.0. The number of hydrogen-bond donors (Lipinski definition) is 1. The van der Waals surface area contributed by atoms with Gasteiger partial charge in [0.25, 0.3) is 0 Å². The summed E-state index contributed by atoms with van der Waals surface area (Å²) in [6, 6.07) is 52.5. The van der Waals surface area contributed by atoms with Crippen LogP contribution in [0, 0.1) is 0 Å². The van der Waals surface area contributed by atoms with E-state index in [1.165, 1.54) is 0 Å². The molecule has 0 aliphatic rings. The number of halogens is 2. The third-order valence-electron chi connectivity index (χ3n) is 7.18. The molecular weight excluding hydrogens is 668 g/mol. The second-order valence-corrected chi connectivity index (χ2v) is 12.0. The molecule has 214 valence electrons. The van der Waals surface area contributed by atoms with Crippen LogP contribution in [-0.4, -0.2) is 0 Å². The van der Waals surface area contributed by atoms with Gasteiger partial charge in [-0.2, -0.15) is 0 Å². The van der Waals surface area contributed by atoms with Gasteiger partial charge in [-0.05, 0) is 95.1 Å². The Morgan fingerprint density at radius 1 is 0.409 bits per heavy atom. The maximum atomic E-state index is 3.78. The zero-order chi connectivity index (χ0) is 30.1. The topological polar surface area (TPSA) is 15.3 Å². The molecule has 0 atom stereocenters. The number of para-hydroxylation sites is 3. The van der Waals surface area contributed by atoms with Crippen LogP contribution in [0.1, 0.15) is 22.3 Å². The summed E-state index contributed by atoms with van der Waals surface area (Å²) in [7, 11) is 0. The van der Waals surface area contributed by atoms with Crippen LogP contribution in [0.15, 0.2) is 161 Å². The van der Waals surface area contributed by atoms with E-state index in [4.69, 9.17) is 0 Å². The van der Waals surface area contributed by atoms with Crippen LogP contribution in [0.2, 0.25) is 0 Å². The Labute approximate surface area is 276 Å². The fraction of sp³-hybridized carbons (Fsp3) is 0. The Balaban J connectivity index is 1.14. The lowest BCUT2D eigenvalue weighted by Gasteiger charge is -2.25. The van der Waals surface area contributed by atoms with Crippen molar-refractivity contribution in [3.05, 3.63) is 183 Å². The van der Waals surface area contributed by atoms with Gasteiger partial charge < -0.3 is 10.2 Å². The highest BCUT2D eigenvalue weighted by Crippen LogP contribution is 2.34. The summed E-state index contributed by atoms with van der Waals surface area (Å²) in [5.41, 5.74) is 9.98. The van der Waals surface area contributed by atoms with Gasteiger partial charge in [-0.3, -0.25) is 0 Å².